The number of unbranched alkanes of at least 4 members (excludes halogenated alkanes) is 4. The predicted molar refractivity (Wildman–Crippen MR) is 273 cm³/mol. The fourth-order valence-corrected chi connectivity index (χ4v) is 10.2. The maximum absolute atomic E-state index is 6.62. The Bertz CT molecular complexity index is 3570. The molecule has 9 heterocycles. The SMILES string of the molecule is Cc1ccc2c(n1)oc1c(-c3ccc(CCCCCCc4ccc(N5C=CN(CCCCN6C=CN(c7cccc8c7oc7nc(C)ccc78)C6)C5)c5oc6nc(C)ccc6c45)cn3)cccc12. The monoisotopic (exact) mass is 898 g/mol. The minimum absolute atomic E-state index is 0.674. The molecule has 0 N–H and O–H groups in total. The normalized spacial score (nSPS) is 14.0. The zero-order valence-corrected chi connectivity index (χ0v) is 38.9. The molecular formula is C57H54N8O3. The van der Waals surface area contributed by atoms with E-state index in [9.17, 15) is 0 Å². The molecule has 0 saturated heterocycles. The second kappa shape index (κ2) is 17.5. The zero-order chi connectivity index (χ0) is 45.7. The second-order valence-electron chi connectivity index (χ2n) is 18.6. The Hall–Kier alpha value is -7.66. The van der Waals surface area contributed by atoms with Crippen molar-refractivity contribution in [3.63, 3.8) is 0 Å². The van der Waals surface area contributed by atoms with Crippen molar-refractivity contribution in [2.75, 3.05) is 36.2 Å². The predicted octanol–water partition coefficient (Wildman–Crippen LogP) is 13.5. The number of pyridine rings is 4. The van der Waals surface area contributed by atoms with Crippen molar-refractivity contribution >= 4 is 77.6 Å². The Kier molecular flexibility index (Phi) is 10.8. The van der Waals surface area contributed by atoms with Crippen LogP contribution in [-0.4, -0.2) is 56.2 Å². The minimum Gasteiger partial charge on any atom is -0.437 e. The number of fused-ring (bicyclic) bond motifs is 9. The van der Waals surface area contributed by atoms with Gasteiger partial charge in [0, 0.05) is 99.0 Å². The van der Waals surface area contributed by atoms with E-state index in [1.807, 2.05) is 39.1 Å². The molecule has 0 amide bonds. The van der Waals surface area contributed by atoms with Gasteiger partial charge in [-0.25, -0.2) is 15.0 Å². The van der Waals surface area contributed by atoms with Crippen molar-refractivity contribution in [2.24, 2.45) is 0 Å². The van der Waals surface area contributed by atoms with Crippen molar-refractivity contribution in [3.8, 4) is 11.3 Å². The van der Waals surface area contributed by atoms with Gasteiger partial charge in [-0.2, -0.15) is 0 Å². The maximum Gasteiger partial charge on any atom is 0.227 e. The van der Waals surface area contributed by atoms with Gasteiger partial charge >= 0.3 is 0 Å². The third-order valence-electron chi connectivity index (χ3n) is 13.8. The summed E-state index contributed by atoms with van der Waals surface area (Å²) in [6.07, 6.45) is 19.6. The third-order valence-corrected chi connectivity index (χ3v) is 13.8. The molecule has 0 unspecified atom stereocenters. The lowest BCUT2D eigenvalue weighted by Crippen LogP contribution is -2.28. The van der Waals surface area contributed by atoms with Gasteiger partial charge in [0.05, 0.1) is 30.4 Å². The molecule has 0 saturated carbocycles. The largest absolute Gasteiger partial charge is 0.437 e. The first-order chi connectivity index (χ1) is 33.4. The van der Waals surface area contributed by atoms with Gasteiger partial charge in [-0.1, -0.05) is 49.2 Å². The van der Waals surface area contributed by atoms with Gasteiger partial charge in [0.25, 0.3) is 0 Å². The average Bonchev–Trinajstić information content (AvgIpc) is 4.21. The molecule has 0 aliphatic carbocycles. The van der Waals surface area contributed by atoms with E-state index in [2.05, 4.69) is 139 Å². The summed E-state index contributed by atoms with van der Waals surface area (Å²) in [4.78, 5) is 28.3. The van der Waals surface area contributed by atoms with E-state index in [4.69, 9.17) is 23.2 Å². The molecule has 2 aliphatic heterocycles. The van der Waals surface area contributed by atoms with Gasteiger partial charge in [-0.05, 0) is 131 Å². The topological polar surface area (TPSA) is 104 Å². The van der Waals surface area contributed by atoms with Crippen LogP contribution in [0.25, 0.3) is 77.5 Å². The summed E-state index contributed by atoms with van der Waals surface area (Å²) >= 11 is 0. The summed E-state index contributed by atoms with van der Waals surface area (Å²) in [6, 6.07) is 34.1. The molecule has 3 aromatic carbocycles. The molecule has 0 bridgehead atoms. The van der Waals surface area contributed by atoms with E-state index in [-0.39, 0.29) is 0 Å². The number of aromatic nitrogens is 4. The van der Waals surface area contributed by atoms with Gasteiger partial charge in [0.2, 0.25) is 17.1 Å². The molecule has 2 aliphatic rings. The van der Waals surface area contributed by atoms with Crippen molar-refractivity contribution in [2.45, 2.75) is 72.1 Å². The number of para-hydroxylation sites is 2. The van der Waals surface area contributed by atoms with Crippen molar-refractivity contribution < 1.29 is 13.3 Å². The van der Waals surface area contributed by atoms with Crippen LogP contribution in [0.3, 0.4) is 0 Å². The van der Waals surface area contributed by atoms with Crippen LogP contribution >= 0.6 is 0 Å². The van der Waals surface area contributed by atoms with Gasteiger partial charge in [-0.3, -0.25) is 4.98 Å². The molecular weight excluding hydrogens is 845 g/mol. The van der Waals surface area contributed by atoms with Gasteiger partial charge in [0.15, 0.2) is 11.2 Å². The van der Waals surface area contributed by atoms with Crippen LogP contribution in [-0.2, 0) is 12.8 Å². The maximum atomic E-state index is 6.62. The van der Waals surface area contributed by atoms with E-state index >= 15 is 0 Å². The number of hydrogen-bond donors (Lipinski definition) is 0. The lowest BCUT2D eigenvalue weighted by molar-refractivity contribution is 0.354. The van der Waals surface area contributed by atoms with Crippen molar-refractivity contribution in [1.29, 1.82) is 0 Å². The summed E-state index contributed by atoms with van der Waals surface area (Å²) in [5.74, 6) is 0. The van der Waals surface area contributed by atoms with E-state index in [1.54, 1.807) is 0 Å². The summed E-state index contributed by atoms with van der Waals surface area (Å²) in [7, 11) is 0. The van der Waals surface area contributed by atoms with E-state index in [0.717, 1.165) is 155 Å². The number of hydrogen-bond acceptors (Lipinski definition) is 11. The number of rotatable bonds is 15. The van der Waals surface area contributed by atoms with Crippen LogP contribution in [0.1, 0.15) is 66.7 Å². The minimum atomic E-state index is 0.674. The first-order valence-electron chi connectivity index (χ1n) is 24.1. The highest BCUT2D eigenvalue weighted by Crippen LogP contribution is 2.40. The molecule has 340 valence electrons. The van der Waals surface area contributed by atoms with E-state index in [1.165, 1.54) is 22.9 Å². The molecule has 11 nitrogen and oxygen atoms in total. The van der Waals surface area contributed by atoms with Gasteiger partial charge in [0.1, 0.15) is 5.58 Å². The van der Waals surface area contributed by atoms with E-state index in [0.29, 0.717) is 17.1 Å². The quantitative estimate of drug-likeness (QED) is 0.0919. The zero-order valence-electron chi connectivity index (χ0n) is 38.9. The molecule has 10 aromatic rings. The van der Waals surface area contributed by atoms with Crippen LogP contribution in [0.2, 0.25) is 0 Å². The summed E-state index contributed by atoms with van der Waals surface area (Å²) in [5, 5.41) is 6.56. The molecule has 0 spiro atoms. The average molecular weight is 899 g/mol. The standard InChI is InChI=1S/C57H54N8O3/c1-37-18-23-44-42-14-10-16-46(52(42)66-55(44)59-37)48-26-21-40(34-58-48)12-6-4-5-7-13-41-22-27-50(54-51(41)47-25-20-39(3)61-57(47)68-54)65-33-31-63(36-65)29-9-8-28-62-30-32-64(35-62)49-17-11-15-43-45-24-19-38(2)60-56(45)67-53(43)49/h10-11,14-27,30-34H,4-9,12-13,28-29,35-36H2,1-3H3. The first kappa shape index (κ1) is 41.7. The fourth-order valence-electron chi connectivity index (χ4n) is 10.2. The highest BCUT2D eigenvalue weighted by atomic mass is 16.3. The molecule has 68 heavy (non-hydrogen) atoms. The smallest absolute Gasteiger partial charge is 0.227 e. The molecule has 12 rings (SSSR count). The molecule has 0 radical (unpaired) electrons. The molecule has 0 atom stereocenters. The van der Waals surface area contributed by atoms with Crippen LogP contribution in [0.5, 0.6) is 0 Å². The van der Waals surface area contributed by atoms with Crippen LogP contribution in [0.4, 0.5) is 11.4 Å². The van der Waals surface area contributed by atoms with Crippen molar-refractivity contribution in [3.05, 3.63) is 156 Å². The highest BCUT2D eigenvalue weighted by Gasteiger charge is 2.23. The summed E-state index contributed by atoms with van der Waals surface area (Å²) in [5.41, 5.74) is 14.3. The molecule has 0 fully saturated rings. The second-order valence-corrected chi connectivity index (χ2v) is 18.6. The number of benzene rings is 3. The number of nitrogens with zero attached hydrogens (tertiary/aromatic N) is 8. The Balaban J connectivity index is 0.634. The Labute approximate surface area is 395 Å². The number of aryl methyl sites for hydroxylation is 5. The fraction of sp³-hybridized carbons (Fsp3) is 0.263. The highest BCUT2D eigenvalue weighted by molar-refractivity contribution is 6.11. The lowest BCUT2D eigenvalue weighted by atomic mass is 9.99. The lowest BCUT2D eigenvalue weighted by Gasteiger charge is -2.23. The Morgan fingerprint density at radius 2 is 1.04 bits per heavy atom. The third kappa shape index (κ3) is 7.85. The summed E-state index contributed by atoms with van der Waals surface area (Å²) in [6.45, 7) is 9.58. The number of furan rings is 3. The first-order valence-corrected chi connectivity index (χ1v) is 24.1. The van der Waals surface area contributed by atoms with Crippen molar-refractivity contribution in [1.82, 2.24) is 29.7 Å². The molecule has 7 aromatic heterocycles. The number of anilines is 2. The van der Waals surface area contributed by atoms with Gasteiger partial charge < -0.3 is 32.9 Å². The van der Waals surface area contributed by atoms with Crippen LogP contribution in [0, 0.1) is 20.8 Å². The van der Waals surface area contributed by atoms with Gasteiger partial charge in [-0.15, -0.1) is 0 Å². The van der Waals surface area contributed by atoms with E-state index < -0.39 is 0 Å². The molecule has 11 heteroatoms. The summed E-state index contributed by atoms with van der Waals surface area (Å²) < 4.78 is 19.1. The van der Waals surface area contributed by atoms with Crippen LogP contribution in [0.15, 0.2) is 141 Å². The Morgan fingerprint density at radius 1 is 0.471 bits per heavy atom. The van der Waals surface area contributed by atoms with Crippen LogP contribution < -0.4 is 9.80 Å². The Morgan fingerprint density at radius 3 is 1.71 bits per heavy atom.